The maximum atomic E-state index is 5.51. The van der Waals surface area contributed by atoms with Crippen molar-refractivity contribution in [3.05, 3.63) is 139 Å². The minimum atomic E-state index is -0.0397. The fourth-order valence-corrected chi connectivity index (χ4v) is 6.29. The summed E-state index contributed by atoms with van der Waals surface area (Å²) in [4.78, 5) is 13.9. The lowest BCUT2D eigenvalue weighted by Crippen LogP contribution is -2.11. The van der Waals surface area contributed by atoms with Crippen molar-refractivity contribution in [3.8, 4) is 39.5 Å². The molecule has 4 heteroatoms. The Morgan fingerprint density at radius 3 is 2.23 bits per heavy atom. The van der Waals surface area contributed by atoms with Gasteiger partial charge in [-0.15, -0.1) is 0 Å². The Balaban J connectivity index is 1.45. The minimum Gasteiger partial charge on any atom is -0.354 e. The van der Waals surface area contributed by atoms with E-state index < -0.39 is 0 Å². The quantitative estimate of drug-likeness (QED) is 0.230. The van der Waals surface area contributed by atoms with E-state index in [2.05, 4.69) is 151 Å². The summed E-state index contributed by atoms with van der Waals surface area (Å²) < 4.78 is 2.31. The molecule has 0 unspecified atom stereocenters. The van der Waals surface area contributed by atoms with Crippen molar-refractivity contribution in [2.75, 3.05) is 0 Å². The minimum absolute atomic E-state index is 0.0397. The second-order valence-electron chi connectivity index (χ2n) is 12.4. The molecular weight excluding hydrogens is 536 g/mol. The largest absolute Gasteiger partial charge is 0.354 e. The molecule has 212 valence electrons. The average Bonchev–Trinajstić information content (AvgIpc) is 3.64. The monoisotopic (exact) mass is 568 g/mol. The first kappa shape index (κ1) is 26.2. The second kappa shape index (κ2) is 10.1. The maximum Gasteiger partial charge on any atom is 0.147 e. The van der Waals surface area contributed by atoms with Crippen LogP contribution in [0.1, 0.15) is 26.3 Å². The summed E-state index contributed by atoms with van der Waals surface area (Å²) in [6.07, 6.45) is 1.84. The normalized spacial score (nSPS) is 12.0. The molecule has 0 saturated heterocycles. The van der Waals surface area contributed by atoms with Crippen LogP contribution in [-0.2, 0) is 5.41 Å². The van der Waals surface area contributed by atoms with E-state index in [4.69, 9.17) is 4.98 Å². The number of aromatic nitrogens is 4. The van der Waals surface area contributed by atoms with Crippen LogP contribution in [-0.4, -0.2) is 19.5 Å². The third-order valence-corrected chi connectivity index (χ3v) is 8.56. The molecule has 4 nitrogen and oxygen atoms in total. The third kappa shape index (κ3) is 4.30. The van der Waals surface area contributed by atoms with Gasteiger partial charge >= 0.3 is 0 Å². The van der Waals surface area contributed by atoms with Crippen LogP contribution in [0.3, 0.4) is 0 Å². The number of aromatic amines is 1. The lowest BCUT2D eigenvalue weighted by Gasteiger charge is -2.21. The second-order valence-corrected chi connectivity index (χ2v) is 12.4. The first-order valence-electron chi connectivity index (χ1n) is 15.1. The molecule has 0 fully saturated rings. The van der Waals surface area contributed by atoms with Gasteiger partial charge in [-0.1, -0.05) is 93.6 Å². The van der Waals surface area contributed by atoms with Crippen LogP contribution in [0.4, 0.5) is 0 Å². The molecule has 44 heavy (non-hydrogen) atoms. The fourth-order valence-electron chi connectivity index (χ4n) is 6.29. The number of nitrogens with one attached hydrogen (secondary N) is 1. The SMILES string of the molecule is CC(C)(C)c1cc(-c2nc3c(-c4cccc(-c5ccccn5)c4)cccc3n2-c2ccccc2)c2[nH]c3ccccc3c2c1. The van der Waals surface area contributed by atoms with E-state index >= 15 is 0 Å². The molecule has 3 heterocycles. The van der Waals surface area contributed by atoms with E-state index in [1.54, 1.807) is 0 Å². The Morgan fingerprint density at radius 1 is 0.636 bits per heavy atom. The number of hydrogen-bond acceptors (Lipinski definition) is 2. The number of H-pyrrole nitrogens is 1. The van der Waals surface area contributed by atoms with Crippen LogP contribution in [0, 0.1) is 0 Å². The first-order valence-corrected chi connectivity index (χ1v) is 15.1. The molecule has 0 saturated carbocycles. The lowest BCUT2D eigenvalue weighted by atomic mass is 9.85. The molecule has 0 radical (unpaired) electrons. The van der Waals surface area contributed by atoms with Crippen LogP contribution >= 0.6 is 0 Å². The summed E-state index contributed by atoms with van der Waals surface area (Å²) >= 11 is 0. The van der Waals surface area contributed by atoms with Gasteiger partial charge in [0.1, 0.15) is 5.82 Å². The number of imidazole rings is 1. The van der Waals surface area contributed by atoms with Gasteiger partial charge in [-0.25, -0.2) is 4.98 Å². The number of pyridine rings is 1. The van der Waals surface area contributed by atoms with Gasteiger partial charge in [0.2, 0.25) is 0 Å². The van der Waals surface area contributed by atoms with E-state index in [9.17, 15) is 0 Å². The van der Waals surface area contributed by atoms with Gasteiger partial charge < -0.3 is 4.98 Å². The highest BCUT2D eigenvalue weighted by molar-refractivity contribution is 6.12. The van der Waals surface area contributed by atoms with Crippen LogP contribution in [0.2, 0.25) is 0 Å². The fraction of sp³-hybridized carbons (Fsp3) is 0.100. The Hall–Kier alpha value is -5.48. The van der Waals surface area contributed by atoms with Crippen molar-refractivity contribution in [1.29, 1.82) is 0 Å². The highest BCUT2D eigenvalue weighted by Crippen LogP contribution is 2.41. The number of rotatable bonds is 4. The molecule has 5 aromatic carbocycles. The van der Waals surface area contributed by atoms with Gasteiger partial charge in [-0.2, -0.15) is 0 Å². The number of para-hydroxylation sites is 3. The van der Waals surface area contributed by atoms with Gasteiger partial charge in [0.25, 0.3) is 0 Å². The number of benzene rings is 5. The smallest absolute Gasteiger partial charge is 0.147 e. The van der Waals surface area contributed by atoms with Crippen molar-refractivity contribution >= 4 is 32.8 Å². The summed E-state index contributed by atoms with van der Waals surface area (Å²) in [6.45, 7) is 6.83. The molecule has 0 aliphatic carbocycles. The number of fused-ring (bicyclic) bond motifs is 4. The van der Waals surface area contributed by atoms with Gasteiger partial charge in [0.05, 0.1) is 22.2 Å². The van der Waals surface area contributed by atoms with Crippen LogP contribution in [0.5, 0.6) is 0 Å². The van der Waals surface area contributed by atoms with E-state index in [0.717, 1.165) is 61.5 Å². The molecule has 3 aromatic heterocycles. The van der Waals surface area contributed by atoms with Crippen LogP contribution in [0.25, 0.3) is 72.3 Å². The lowest BCUT2D eigenvalue weighted by molar-refractivity contribution is 0.591. The van der Waals surface area contributed by atoms with Crippen molar-refractivity contribution in [2.24, 2.45) is 0 Å². The summed E-state index contributed by atoms with van der Waals surface area (Å²) in [5.41, 5.74) is 11.9. The van der Waals surface area contributed by atoms with E-state index in [-0.39, 0.29) is 5.41 Å². The molecule has 0 amide bonds. The van der Waals surface area contributed by atoms with Crippen molar-refractivity contribution in [2.45, 2.75) is 26.2 Å². The van der Waals surface area contributed by atoms with Gasteiger partial charge in [-0.05, 0) is 71.1 Å². The Labute approximate surface area is 256 Å². The van der Waals surface area contributed by atoms with Gasteiger partial charge in [-0.3, -0.25) is 9.55 Å². The van der Waals surface area contributed by atoms with Gasteiger partial charge in [0.15, 0.2) is 0 Å². The standard InChI is InChI=1S/C40H32N4/c1-40(2,3)28-24-32-31-17-7-8-20-35(31)42-37(32)33(25-28)39-43-38-30(18-12-21-36(38)44(39)29-15-5-4-6-16-29)26-13-11-14-27(23-26)34-19-9-10-22-41-34/h4-25,42H,1-3H3. The number of hydrogen-bond donors (Lipinski definition) is 1. The summed E-state index contributed by atoms with van der Waals surface area (Å²) in [5, 5.41) is 2.45. The van der Waals surface area contributed by atoms with E-state index in [1.807, 2.05) is 18.3 Å². The van der Waals surface area contributed by atoms with Crippen LogP contribution in [0.15, 0.2) is 134 Å². The summed E-state index contributed by atoms with van der Waals surface area (Å²) in [5.74, 6) is 0.919. The van der Waals surface area contributed by atoms with E-state index in [1.165, 1.54) is 16.3 Å². The van der Waals surface area contributed by atoms with Gasteiger partial charge in [0, 0.05) is 44.9 Å². The average molecular weight is 569 g/mol. The molecule has 0 aliphatic rings. The predicted octanol–water partition coefficient (Wildman–Crippen LogP) is 10.4. The zero-order valence-electron chi connectivity index (χ0n) is 25.0. The summed E-state index contributed by atoms with van der Waals surface area (Å²) in [7, 11) is 0. The predicted molar refractivity (Wildman–Crippen MR) is 183 cm³/mol. The Morgan fingerprint density at radius 2 is 1.41 bits per heavy atom. The van der Waals surface area contributed by atoms with Crippen molar-refractivity contribution in [3.63, 3.8) is 0 Å². The molecule has 0 atom stereocenters. The van der Waals surface area contributed by atoms with Crippen molar-refractivity contribution < 1.29 is 0 Å². The van der Waals surface area contributed by atoms with Crippen molar-refractivity contribution in [1.82, 2.24) is 19.5 Å². The molecule has 0 bridgehead atoms. The molecule has 8 aromatic rings. The molecule has 1 N–H and O–H groups in total. The molecular formula is C40H32N4. The Bertz CT molecular complexity index is 2300. The summed E-state index contributed by atoms with van der Waals surface area (Å²) in [6, 6.07) is 44.9. The molecule has 0 aliphatic heterocycles. The zero-order chi connectivity index (χ0) is 29.8. The van der Waals surface area contributed by atoms with E-state index in [0.29, 0.717) is 0 Å². The zero-order valence-corrected chi connectivity index (χ0v) is 25.0. The number of nitrogens with zero attached hydrogens (tertiary/aromatic N) is 3. The van der Waals surface area contributed by atoms with Crippen LogP contribution < -0.4 is 0 Å². The molecule has 0 spiro atoms. The highest BCUT2D eigenvalue weighted by atomic mass is 15.1. The maximum absolute atomic E-state index is 5.51. The molecule has 8 rings (SSSR count). The Kier molecular flexibility index (Phi) is 5.98. The first-order chi connectivity index (χ1) is 21.5. The third-order valence-electron chi connectivity index (χ3n) is 8.56. The topological polar surface area (TPSA) is 46.5 Å². The highest BCUT2D eigenvalue weighted by Gasteiger charge is 2.24.